The number of anilines is 1. The highest BCUT2D eigenvalue weighted by atomic mass is 16.6. The number of aromatic amines is 1. The molecule has 10 heteroatoms. The van der Waals surface area contributed by atoms with E-state index in [9.17, 15) is 29.6 Å². The van der Waals surface area contributed by atoms with Crippen LogP contribution in [0.25, 0.3) is 0 Å². The lowest BCUT2D eigenvalue weighted by Gasteiger charge is -2.06. The average Bonchev–Trinajstić information content (AvgIpc) is 2.55. The monoisotopic (exact) mass is 242 g/mol. The van der Waals surface area contributed by atoms with Gasteiger partial charge in [-0.05, 0) is 0 Å². The smallest absolute Gasteiger partial charge is 0.370 e. The normalized spacial score (nSPS) is 21.7. The fourth-order valence-corrected chi connectivity index (χ4v) is 1.60. The Labute approximate surface area is 91.7 Å². The van der Waals surface area contributed by atoms with Crippen LogP contribution in [0.2, 0.25) is 0 Å². The zero-order valence-electron chi connectivity index (χ0n) is 8.11. The Kier molecular flexibility index (Phi) is 2.28. The van der Waals surface area contributed by atoms with Gasteiger partial charge >= 0.3 is 16.9 Å². The zero-order chi connectivity index (χ0) is 12.7. The predicted molar refractivity (Wildman–Crippen MR) is 52.7 cm³/mol. The van der Waals surface area contributed by atoms with Gasteiger partial charge < -0.3 is 15.2 Å². The third kappa shape index (κ3) is 1.42. The first-order valence-corrected chi connectivity index (χ1v) is 4.40. The number of nitro groups is 1. The molecular formula is C7H6N4O6. The lowest BCUT2D eigenvalue weighted by molar-refractivity contribution is -0.385. The van der Waals surface area contributed by atoms with E-state index >= 15 is 0 Å². The van der Waals surface area contributed by atoms with Crippen molar-refractivity contribution in [3.63, 3.8) is 0 Å². The summed E-state index contributed by atoms with van der Waals surface area (Å²) in [7, 11) is 0. The lowest BCUT2D eigenvalue weighted by atomic mass is 10.3. The molecule has 0 aromatic carbocycles. The van der Waals surface area contributed by atoms with E-state index < -0.39 is 39.9 Å². The summed E-state index contributed by atoms with van der Waals surface area (Å²) in [6.45, 7) is 0. The van der Waals surface area contributed by atoms with Crippen molar-refractivity contribution in [2.45, 2.75) is 12.3 Å². The van der Waals surface area contributed by atoms with Gasteiger partial charge in [0, 0.05) is 0 Å². The molecule has 1 aromatic rings. The van der Waals surface area contributed by atoms with Crippen molar-refractivity contribution in [3.8, 4) is 0 Å². The fraction of sp³-hybridized carbons (Fsp3) is 0.286. The number of carbonyl (C=O) groups is 1. The van der Waals surface area contributed by atoms with Gasteiger partial charge in [-0.2, -0.15) is 0 Å². The van der Waals surface area contributed by atoms with E-state index in [0.717, 1.165) is 0 Å². The number of aldehydes is 1. The summed E-state index contributed by atoms with van der Waals surface area (Å²) >= 11 is 0. The molecule has 0 bridgehead atoms. The molecule has 10 nitrogen and oxygen atoms in total. The number of fused-ring (bicyclic) bond motifs is 1. The molecule has 0 radical (unpaired) electrons. The Morgan fingerprint density at radius 2 is 2.12 bits per heavy atom. The molecular weight excluding hydrogens is 236 g/mol. The highest BCUT2D eigenvalue weighted by molar-refractivity contribution is 5.70. The number of nitrogens with zero attached hydrogens (tertiary/aromatic N) is 2. The molecule has 0 saturated heterocycles. The van der Waals surface area contributed by atoms with Crippen LogP contribution in [-0.2, 0) is 4.79 Å². The molecule has 1 aromatic heterocycles. The van der Waals surface area contributed by atoms with Crippen molar-refractivity contribution in [3.05, 3.63) is 31.0 Å². The zero-order valence-corrected chi connectivity index (χ0v) is 8.11. The Bertz CT molecular complexity index is 616. The van der Waals surface area contributed by atoms with E-state index in [-0.39, 0.29) is 6.29 Å². The van der Waals surface area contributed by atoms with E-state index in [4.69, 9.17) is 0 Å². The molecule has 1 aliphatic heterocycles. The standard InChI is InChI=1S/C7H6N4O6/c12-1-2-6(14)10-4(8-2)3(11(16)17)5(13)9-7(10)15/h1-2,6,8,14H,(H,9,13,15)/t2-,6-/m0/s1. The predicted octanol–water partition coefficient (Wildman–Crippen LogP) is -2.07. The van der Waals surface area contributed by atoms with E-state index in [1.165, 1.54) is 0 Å². The molecule has 0 spiro atoms. The van der Waals surface area contributed by atoms with Crippen molar-refractivity contribution in [1.29, 1.82) is 0 Å². The summed E-state index contributed by atoms with van der Waals surface area (Å²) in [5.41, 5.74) is -3.15. The van der Waals surface area contributed by atoms with Gasteiger partial charge in [0.1, 0.15) is 12.3 Å². The second-order valence-electron chi connectivity index (χ2n) is 3.30. The Morgan fingerprint density at radius 3 is 2.65 bits per heavy atom. The summed E-state index contributed by atoms with van der Waals surface area (Å²) < 4.78 is 0.554. The first kappa shape index (κ1) is 11.0. The minimum absolute atomic E-state index is 0.283. The number of rotatable bonds is 2. The van der Waals surface area contributed by atoms with Crippen LogP contribution in [0.5, 0.6) is 0 Å². The van der Waals surface area contributed by atoms with Gasteiger partial charge in [-0.3, -0.25) is 19.9 Å². The number of aromatic nitrogens is 2. The summed E-state index contributed by atoms with van der Waals surface area (Å²) in [5, 5.41) is 22.4. The highest BCUT2D eigenvalue weighted by Crippen LogP contribution is 2.28. The molecule has 17 heavy (non-hydrogen) atoms. The number of aliphatic hydroxyl groups is 1. The van der Waals surface area contributed by atoms with E-state index in [1.807, 2.05) is 0 Å². The average molecular weight is 242 g/mol. The lowest BCUT2D eigenvalue weighted by Crippen LogP contribution is -2.33. The van der Waals surface area contributed by atoms with Crippen LogP contribution >= 0.6 is 0 Å². The number of hydrogen-bond donors (Lipinski definition) is 3. The second-order valence-corrected chi connectivity index (χ2v) is 3.30. The van der Waals surface area contributed by atoms with Crippen LogP contribution in [-0.4, -0.2) is 31.9 Å². The van der Waals surface area contributed by atoms with Crippen LogP contribution in [0.1, 0.15) is 6.23 Å². The maximum Gasteiger partial charge on any atom is 0.374 e. The van der Waals surface area contributed by atoms with Gasteiger partial charge in [0.15, 0.2) is 12.0 Å². The summed E-state index contributed by atoms with van der Waals surface area (Å²) in [5.74, 6) is -0.478. The number of aliphatic hydroxyl groups excluding tert-OH is 1. The SMILES string of the molecule is O=C[C@@H]1Nc2c([N+](=O)[O-])c(=O)[nH]c(=O)n2[C@H]1O. The molecule has 2 rings (SSSR count). The maximum absolute atomic E-state index is 11.3. The van der Waals surface area contributed by atoms with Crippen molar-refractivity contribution >= 4 is 17.8 Å². The van der Waals surface area contributed by atoms with E-state index in [1.54, 1.807) is 4.98 Å². The topological polar surface area (TPSA) is 147 Å². The first-order valence-electron chi connectivity index (χ1n) is 4.40. The second kappa shape index (κ2) is 3.52. The minimum atomic E-state index is -1.59. The summed E-state index contributed by atoms with van der Waals surface area (Å²) in [6.07, 6.45) is -1.31. The van der Waals surface area contributed by atoms with Gasteiger partial charge in [0.25, 0.3) is 0 Å². The molecule has 2 heterocycles. The van der Waals surface area contributed by atoms with Gasteiger partial charge in [-0.15, -0.1) is 0 Å². The fourth-order valence-electron chi connectivity index (χ4n) is 1.60. The molecule has 0 aliphatic carbocycles. The Hall–Kier alpha value is -2.49. The summed E-state index contributed by atoms with van der Waals surface area (Å²) in [6, 6.07) is -1.21. The molecule has 3 N–H and O–H groups in total. The molecule has 2 atom stereocenters. The highest BCUT2D eigenvalue weighted by Gasteiger charge is 2.38. The van der Waals surface area contributed by atoms with Crippen molar-refractivity contribution in [1.82, 2.24) is 9.55 Å². The molecule has 0 unspecified atom stereocenters. The number of hydrogen-bond acceptors (Lipinski definition) is 7. The van der Waals surface area contributed by atoms with Crippen LogP contribution in [0.3, 0.4) is 0 Å². The van der Waals surface area contributed by atoms with Gasteiger partial charge in [-0.1, -0.05) is 0 Å². The largest absolute Gasteiger partial charge is 0.374 e. The van der Waals surface area contributed by atoms with Gasteiger partial charge in [0.2, 0.25) is 0 Å². The number of carbonyl (C=O) groups excluding carboxylic acids is 1. The molecule has 0 saturated carbocycles. The van der Waals surface area contributed by atoms with Crippen molar-refractivity contribution < 1.29 is 14.8 Å². The maximum atomic E-state index is 11.3. The van der Waals surface area contributed by atoms with Gasteiger partial charge in [-0.25, -0.2) is 9.36 Å². The first-order chi connectivity index (χ1) is 7.97. The molecule has 90 valence electrons. The Balaban J connectivity index is 2.79. The van der Waals surface area contributed by atoms with Gasteiger partial charge in [0.05, 0.1) is 4.92 Å². The third-order valence-electron chi connectivity index (χ3n) is 2.34. The van der Waals surface area contributed by atoms with Crippen LogP contribution in [0.4, 0.5) is 11.5 Å². The van der Waals surface area contributed by atoms with Crippen LogP contribution in [0, 0.1) is 10.1 Å². The number of H-pyrrole nitrogens is 1. The van der Waals surface area contributed by atoms with Crippen molar-refractivity contribution in [2.75, 3.05) is 5.32 Å². The van der Waals surface area contributed by atoms with Crippen LogP contribution < -0.4 is 16.6 Å². The third-order valence-corrected chi connectivity index (χ3v) is 2.34. The van der Waals surface area contributed by atoms with Crippen LogP contribution in [0.15, 0.2) is 9.59 Å². The molecule has 0 amide bonds. The summed E-state index contributed by atoms with van der Waals surface area (Å²) in [4.78, 5) is 44.5. The van der Waals surface area contributed by atoms with Crippen molar-refractivity contribution in [2.24, 2.45) is 0 Å². The minimum Gasteiger partial charge on any atom is -0.370 e. The number of nitrogens with one attached hydrogen (secondary N) is 2. The van der Waals surface area contributed by atoms with E-state index in [0.29, 0.717) is 4.57 Å². The molecule has 0 fully saturated rings. The van der Waals surface area contributed by atoms with E-state index in [2.05, 4.69) is 5.32 Å². The quantitative estimate of drug-likeness (QED) is 0.306. The Morgan fingerprint density at radius 1 is 1.47 bits per heavy atom. The molecule has 1 aliphatic rings.